The number of fused-ring (bicyclic) bond motifs is 2. The Kier molecular flexibility index (Phi) is 8.12. The van der Waals surface area contributed by atoms with Gasteiger partial charge in [-0.3, -0.25) is 16.3 Å². The standard InChI is InChI=1S/C28H27N2S.C13H12N.Ir/c1-17(2)20-9-8-10-21(18(3)4)27(20)30-25-12-7-6-11-24(25)29-28(30)23-16-31-26-15-19(5)13-14-22(23)26;1-10-3-6-12(7-4-10)13-8-5-11(2)9-14-13;/h6-15,17-18H,1-5H3;3-6,8-9H,1-2H3;/q2*-1;/i;1D3,2D3;. The second-order valence-corrected chi connectivity index (χ2v) is 12.7. The number of aryl methyl sites for hydroxylation is 3. The van der Waals surface area contributed by atoms with Gasteiger partial charge in [-0.05, 0) is 60.1 Å². The summed E-state index contributed by atoms with van der Waals surface area (Å²) >= 11 is 1.68. The molecule has 0 aliphatic heterocycles. The molecule has 3 aromatic heterocycles. The predicted octanol–water partition coefficient (Wildman–Crippen LogP) is 11.4. The molecule has 0 saturated heterocycles. The molecule has 3 nitrogen and oxygen atoms in total. The van der Waals surface area contributed by atoms with E-state index in [9.17, 15) is 0 Å². The summed E-state index contributed by atoms with van der Waals surface area (Å²) in [5, 5.41) is 4.81. The normalized spacial score (nSPS) is 13.6. The van der Waals surface area contributed by atoms with Crippen molar-refractivity contribution in [2.24, 2.45) is 0 Å². The van der Waals surface area contributed by atoms with Crippen LogP contribution in [-0.2, 0) is 20.1 Å². The zero-order valence-electron chi connectivity index (χ0n) is 32.5. The second-order valence-electron chi connectivity index (χ2n) is 11.9. The summed E-state index contributed by atoms with van der Waals surface area (Å²) in [7, 11) is 0. The molecular weight excluding hydrogens is 759 g/mol. The molecule has 0 saturated carbocycles. The number of aromatic nitrogens is 3. The average molecular weight is 804 g/mol. The number of para-hydroxylation sites is 3. The Labute approximate surface area is 299 Å². The Morgan fingerprint density at radius 2 is 1.52 bits per heavy atom. The Bertz CT molecular complexity index is 2220. The van der Waals surface area contributed by atoms with E-state index in [0.29, 0.717) is 23.1 Å². The summed E-state index contributed by atoms with van der Waals surface area (Å²) in [6, 6.07) is 32.3. The van der Waals surface area contributed by atoms with Crippen LogP contribution >= 0.6 is 11.3 Å². The fourth-order valence-electron chi connectivity index (χ4n) is 5.57. The van der Waals surface area contributed by atoms with Crippen LogP contribution in [0, 0.1) is 32.1 Å². The first-order valence-corrected chi connectivity index (χ1v) is 16.0. The minimum atomic E-state index is -2.18. The molecule has 0 N–H and O–H groups in total. The molecule has 4 aromatic carbocycles. The fraction of sp³-hybridized carbons (Fsp3) is 0.220. The number of thiophene rings is 1. The fourth-order valence-corrected chi connectivity index (χ4v) is 6.51. The van der Waals surface area contributed by atoms with Crippen LogP contribution in [0.1, 0.15) is 75.6 Å². The molecule has 46 heavy (non-hydrogen) atoms. The summed E-state index contributed by atoms with van der Waals surface area (Å²) in [6.45, 7) is 6.90. The van der Waals surface area contributed by atoms with Crippen molar-refractivity contribution < 1.29 is 28.3 Å². The number of hydrogen-bond donors (Lipinski definition) is 0. The third-order valence-electron chi connectivity index (χ3n) is 7.87. The zero-order chi connectivity index (χ0) is 36.7. The number of nitrogens with zero attached hydrogens (tertiary/aromatic N) is 3. The van der Waals surface area contributed by atoms with Gasteiger partial charge in [0.05, 0.1) is 16.9 Å². The Hall–Kier alpha value is -3.89. The third-order valence-corrected chi connectivity index (χ3v) is 8.74. The molecule has 0 spiro atoms. The second kappa shape index (κ2) is 14.3. The van der Waals surface area contributed by atoms with Crippen molar-refractivity contribution in [2.45, 2.75) is 60.2 Å². The molecular formula is C41H39IrN3S-2. The molecule has 0 amide bonds. The van der Waals surface area contributed by atoms with Crippen molar-refractivity contribution in [1.82, 2.24) is 14.5 Å². The quantitative estimate of drug-likeness (QED) is 0.162. The van der Waals surface area contributed by atoms with Gasteiger partial charge >= 0.3 is 0 Å². The third kappa shape index (κ3) is 6.78. The van der Waals surface area contributed by atoms with Crippen LogP contribution in [-0.4, -0.2) is 14.5 Å². The molecule has 0 atom stereocenters. The largest absolute Gasteiger partial charge is 0.333 e. The molecule has 0 aliphatic carbocycles. The van der Waals surface area contributed by atoms with Gasteiger partial charge in [0.25, 0.3) is 0 Å². The van der Waals surface area contributed by atoms with Crippen LogP contribution in [0.4, 0.5) is 0 Å². The first-order chi connectivity index (χ1) is 24.1. The predicted molar refractivity (Wildman–Crippen MR) is 192 cm³/mol. The van der Waals surface area contributed by atoms with Gasteiger partial charge in [0.15, 0.2) is 0 Å². The number of imidazole rings is 1. The molecule has 1 radical (unpaired) electrons. The summed E-state index contributed by atoms with van der Waals surface area (Å²) < 4.78 is 47.3. The van der Waals surface area contributed by atoms with Crippen LogP contribution in [0.2, 0.25) is 0 Å². The minimum absolute atomic E-state index is 0. The van der Waals surface area contributed by atoms with E-state index in [1.807, 2.05) is 0 Å². The van der Waals surface area contributed by atoms with Gasteiger partial charge in [-0.1, -0.05) is 110 Å². The van der Waals surface area contributed by atoms with E-state index >= 15 is 0 Å². The van der Waals surface area contributed by atoms with E-state index in [2.05, 4.69) is 116 Å². The van der Waals surface area contributed by atoms with Gasteiger partial charge in [0, 0.05) is 40.2 Å². The molecule has 0 aliphatic rings. The smallest absolute Gasteiger partial charge is 0.0774 e. The Balaban J connectivity index is 0.000000217. The monoisotopic (exact) mass is 804 g/mol. The molecule has 7 rings (SSSR count). The van der Waals surface area contributed by atoms with Gasteiger partial charge in [-0.25, -0.2) is 0 Å². The number of hydrogen-bond acceptors (Lipinski definition) is 3. The SMILES string of the molecule is Cc1ccc2c(-c3nc4ccccc4n3-c3c(C(C)C)cccc3C(C)C)[c-]sc2c1.[2H]C([2H])([2H])c1c[c-]c(-c2ccc(C([2H])([2H])[2H])cn2)cc1.[Ir]. The van der Waals surface area contributed by atoms with Crippen molar-refractivity contribution in [2.75, 3.05) is 0 Å². The molecule has 3 heterocycles. The van der Waals surface area contributed by atoms with Crippen LogP contribution < -0.4 is 0 Å². The van der Waals surface area contributed by atoms with Crippen molar-refractivity contribution in [3.8, 4) is 28.3 Å². The van der Waals surface area contributed by atoms with Crippen molar-refractivity contribution >= 4 is 32.5 Å². The van der Waals surface area contributed by atoms with Gasteiger partial charge < -0.3 is 9.55 Å². The van der Waals surface area contributed by atoms with E-state index in [1.165, 1.54) is 56.9 Å². The first kappa shape index (κ1) is 26.2. The van der Waals surface area contributed by atoms with Crippen LogP contribution in [0.3, 0.4) is 0 Å². The van der Waals surface area contributed by atoms with E-state index in [-0.39, 0.29) is 31.2 Å². The maximum Gasteiger partial charge on any atom is 0.0774 e. The Morgan fingerprint density at radius 1 is 0.804 bits per heavy atom. The van der Waals surface area contributed by atoms with E-state index < -0.39 is 13.7 Å². The summed E-state index contributed by atoms with van der Waals surface area (Å²) in [6.07, 6.45) is 1.30. The van der Waals surface area contributed by atoms with Gasteiger partial charge in [0.2, 0.25) is 0 Å². The molecule has 5 heteroatoms. The van der Waals surface area contributed by atoms with Crippen LogP contribution in [0.15, 0.2) is 97.2 Å². The van der Waals surface area contributed by atoms with Crippen LogP contribution in [0.25, 0.3) is 49.5 Å². The van der Waals surface area contributed by atoms with Gasteiger partial charge in [-0.15, -0.1) is 46.8 Å². The summed E-state index contributed by atoms with van der Waals surface area (Å²) in [5.74, 6) is 1.80. The summed E-state index contributed by atoms with van der Waals surface area (Å²) in [5.41, 5.74) is 10.1. The molecule has 235 valence electrons. The zero-order valence-corrected chi connectivity index (χ0v) is 29.7. The maximum atomic E-state index is 7.28. The van der Waals surface area contributed by atoms with Crippen LogP contribution in [0.5, 0.6) is 0 Å². The van der Waals surface area contributed by atoms with Crippen molar-refractivity contribution in [3.63, 3.8) is 0 Å². The average Bonchev–Trinajstić information content (AvgIpc) is 3.68. The van der Waals surface area contributed by atoms with Gasteiger partial charge in [-0.2, -0.15) is 0 Å². The maximum absolute atomic E-state index is 7.28. The van der Waals surface area contributed by atoms with E-state index in [4.69, 9.17) is 13.2 Å². The number of rotatable bonds is 5. The minimum Gasteiger partial charge on any atom is -0.333 e. The molecule has 0 unspecified atom stereocenters. The Morgan fingerprint density at radius 3 is 2.17 bits per heavy atom. The topological polar surface area (TPSA) is 30.7 Å². The molecule has 0 bridgehead atoms. The van der Waals surface area contributed by atoms with Crippen molar-refractivity contribution in [1.29, 1.82) is 0 Å². The first-order valence-electron chi connectivity index (χ1n) is 18.1. The van der Waals surface area contributed by atoms with E-state index in [1.54, 1.807) is 23.5 Å². The number of pyridine rings is 1. The molecule has 7 aromatic rings. The van der Waals surface area contributed by atoms with Gasteiger partial charge in [0.1, 0.15) is 0 Å². The molecule has 0 fully saturated rings. The van der Waals surface area contributed by atoms with E-state index in [0.717, 1.165) is 22.4 Å². The van der Waals surface area contributed by atoms with Crippen molar-refractivity contribution in [3.05, 3.63) is 136 Å². The number of benzene rings is 4. The summed E-state index contributed by atoms with van der Waals surface area (Å²) in [4.78, 5) is 9.22.